The molecule has 0 spiro atoms. The second-order valence-electron chi connectivity index (χ2n) is 9.92. The number of aromatic nitrogens is 2. The van der Waals surface area contributed by atoms with Crippen molar-refractivity contribution in [2.45, 2.75) is 33.7 Å². The topological polar surface area (TPSA) is 121 Å². The summed E-state index contributed by atoms with van der Waals surface area (Å²) in [5.41, 5.74) is 4.56. The van der Waals surface area contributed by atoms with Gasteiger partial charge in [-0.1, -0.05) is 11.3 Å². The van der Waals surface area contributed by atoms with E-state index in [1.807, 2.05) is 30.6 Å². The van der Waals surface area contributed by atoms with E-state index in [-0.39, 0.29) is 23.3 Å². The third-order valence-corrected chi connectivity index (χ3v) is 8.36. The lowest BCUT2D eigenvalue weighted by atomic mass is 9.94. The van der Waals surface area contributed by atoms with E-state index in [0.717, 1.165) is 22.6 Å². The zero-order valence-corrected chi connectivity index (χ0v) is 25.4. The van der Waals surface area contributed by atoms with Gasteiger partial charge < -0.3 is 23.9 Å². The molecule has 2 aromatic carbocycles. The van der Waals surface area contributed by atoms with Crippen LogP contribution in [0.1, 0.15) is 52.8 Å². The number of carboxylic acid groups (broad SMARTS) is 1. The highest BCUT2D eigenvalue weighted by atomic mass is 32.1. The number of nitrogens with zero attached hydrogens (tertiary/aromatic N) is 3. The first-order chi connectivity index (χ1) is 20.6. The molecule has 1 unspecified atom stereocenters. The Morgan fingerprint density at radius 2 is 1.77 bits per heavy atom. The number of ether oxygens (including phenoxy) is 3. The Morgan fingerprint density at radius 3 is 2.40 bits per heavy atom. The summed E-state index contributed by atoms with van der Waals surface area (Å²) in [4.78, 5) is 43.8. The SMILES string of the molecule is CCOC(=O)C1=C(C)N=c2sc(=Cc3cc(C)n(-c4ccc(C(=O)O)cc4)c3C)c(=O)n2C1c1cc(OC)ccc1OC. The molecule has 5 rings (SSSR count). The van der Waals surface area contributed by atoms with E-state index < -0.39 is 18.0 Å². The second kappa shape index (κ2) is 11.8. The molecule has 1 N–H and O–H groups in total. The first kappa shape index (κ1) is 29.6. The minimum absolute atomic E-state index is 0.163. The summed E-state index contributed by atoms with van der Waals surface area (Å²) in [5.74, 6) is -0.533. The van der Waals surface area contributed by atoms with Crippen LogP contribution in [0.25, 0.3) is 11.8 Å². The molecule has 0 aliphatic carbocycles. The second-order valence-corrected chi connectivity index (χ2v) is 10.9. The van der Waals surface area contributed by atoms with Gasteiger partial charge in [-0.2, -0.15) is 0 Å². The number of hydrogen-bond acceptors (Lipinski definition) is 8. The lowest BCUT2D eigenvalue weighted by molar-refractivity contribution is -0.139. The Balaban J connectivity index is 1.70. The van der Waals surface area contributed by atoms with Crippen LogP contribution in [0.15, 0.2) is 69.6 Å². The summed E-state index contributed by atoms with van der Waals surface area (Å²) in [6.07, 6.45) is 1.82. The molecule has 0 saturated carbocycles. The normalized spacial score (nSPS) is 14.7. The zero-order valence-electron chi connectivity index (χ0n) is 24.6. The summed E-state index contributed by atoms with van der Waals surface area (Å²) in [6, 6.07) is 13.0. The Bertz CT molecular complexity index is 1960. The van der Waals surface area contributed by atoms with Gasteiger partial charge in [0.2, 0.25) is 0 Å². The number of thiazole rings is 1. The molecular formula is C32H31N3O7S. The number of aromatic carboxylic acids is 1. The van der Waals surface area contributed by atoms with Crippen LogP contribution in [0.2, 0.25) is 0 Å². The van der Waals surface area contributed by atoms with Crippen LogP contribution in [-0.4, -0.2) is 47.0 Å². The van der Waals surface area contributed by atoms with Gasteiger partial charge in [0, 0.05) is 22.6 Å². The van der Waals surface area contributed by atoms with Crippen molar-refractivity contribution >= 4 is 29.4 Å². The molecule has 1 aliphatic rings. The average molecular weight is 602 g/mol. The smallest absolute Gasteiger partial charge is 0.338 e. The maximum Gasteiger partial charge on any atom is 0.338 e. The molecule has 0 saturated heterocycles. The highest BCUT2D eigenvalue weighted by molar-refractivity contribution is 7.07. The quantitative estimate of drug-likeness (QED) is 0.304. The number of esters is 1. The molecule has 1 atom stereocenters. The van der Waals surface area contributed by atoms with Gasteiger partial charge >= 0.3 is 11.9 Å². The van der Waals surface area contributed by atoms with Crippen LogP contribution < -0.4 is 24.4 Å². The van der Waals surface area contributed by atoms with E-state index in [2.05, 4.69) is 4.99 Å². The number of hydrogen-bond donors (Lipinski definition) is 1. The Hall–Kier alpha value is -4.90. The predicted octanol–water partition coefficient (Wildman–Crippen LogP) is 3.92. The van der Waals surface area contributed by atoms with Crippen LogP contribution in [0, 0.1) is 13.8 Å². The van der Waals surface area contributed by atoms with E-state index in [4.69, 9.17) is 14.2 Å². The van der Waals surface area contributed by atoms with Crippen LogP contribution in [0.4, 0.5) is 0 Å². The fraction of sp³-hybridized carbons (Fsp3) is 0.250. The predicted molar refractivity (Wildman–Crippen MR) is 162 cm³/mol. The van der Waals surface area contributed by atoms with Gasteiger partial charge in [0.15, 0.2) is 4.80 Å². The molecule has 3 heterocycles. The van der Waals surface area contributed by atoms with Crippen molar-refractivity contribution in [1.29, 1.82) is 0 Å². The van der Waals surface area contributed by atoms with Crippen molar-refractivity contribution in [2.75, 3.05) is 20.8 Å². The van der Waals surface area contributed by atoms with Gasteiger partial charge in [-0.25, -0.2) is 14.6 Å². The van der Waals surface area contributed by atoms with Crippen molar-refractivity contribution in [3.05, 3.63) is 108 Å². The molecule has 4 aromatic rings. The number of carbonyl (C=O) groups is 2. The summed E-state index contributed by atoms with van der Waals surface area (Å²) in [7, 11) is 3.07. The molecule has 11 heteroatoms. The van der Waals surface area contributed by atoms with Crippen LogP contribution in [0.5, 0.6) is 11.5 Å². The van der Waals surface area contributed by atoms with E-state index in [1.54, 1.807) is 63.4 Å². The molecular weight excluding hydrogens is 570 g/mol. The van der Waals surface area contributed by atoms with Gasteiger partial charge in [0.05, 0.1) is 42.2 Å². The van der Waals surface area contributed by atoms with Crippen molar-refractivity contribution < 1.29 is 28.9 Å². The van der Waals surface area contributed by atoms with Crippen LogP contribution in [-0.2, 0) is 9.53 Å². The number of methoxy groups -OCH3 is 2. The third-order valence-electron chi connectivity index (χ3n) is 7.38. The summed E-state index contributed by atoms with van der Waals surface area (Å²) in [6.45, 7) is 7.50. The number of rotatable bonds is 8. The lowest BCUT2D eigenvalue weighted by Crippen LogP contribution is -2.40. The van der Waals surface area contributed by atoms with Crippen LogP contribution >= 0.6 is 11.3 Å². The zero-order chi connectivity index (χ0) is 31.0. The summed E-state index contributed by atoms with van der Waals surface area (Å²) in [5, 5.41) is 9.26. The largest absolute Gasteiger partial charge is 0.497 e. The molecule has 1 aliphatic heterocycles. The number of aryl methyl sites for hydroxylation is 1. The monoisotopic (exact) mass is 601 g/mol. The number of carboxylic acids is 1. The molecule has 0 amide bonds. The fourth-order valence-corrected chi connectivity index (χ4v) is 6.40. The third kappa shape index (κ3) is 5.27. The number of allylic oxidation sites excluding steroid dienone is 1. The Morgan fingerprint density at radius 1 is 1.05 bits per heavy atom. The first-order valence-corrected chi connectivity index (χ1v) is 14.4. The molecule has 222 valence electrons. The van der Waals surface area contributed by atoms with Gasteiger partial charge in [-0.15, -0.1) is 0 Å². The van der Waals surface area contributed by atoms with Crippen molar-refractivity contribution in [1.82, 2.24) is 9.13 Å². The van der Waals surface area contributed by atoms with Gasteiger partial charge in [-0.3, -0.25) is 9.36 Å². The van der Waals surface area contributed by atoms with E-state index in [0.29, 0.717) is 32.1 Å². The van der Waals surface area contributed by atoms with Crippen molar-refractivity contribution in [2.24, 2.45) is 4.99 Å². The van der Waals surface area contributed by atoms with Crippen molar-refractivity contribution in [3.63, 3.8) is 0 Å². The standard InChI is InChI=1S/C32H31N3O7S/c1-7-42-31(39)27-18(3)33-32-35(28(27)24-16-23(40-5)12-13-25(24)41-6)29(36)26(43-32)15-21-14-17(2)34(19(21)4)22-10-8-20(9-11-22)30(37)38/h8-16,28H,7H2,1-6H3,(H,37,38). The van der Waals surface area contributed by atoms with Gasteiger partial charge in [0.25, 0.3) is 5.56 Å². The lowest BCUT2D eigenvalue weighted by Gasteiger charge is -2.26. The Kier molecular flexibility index (Phi) is 8.10. The maximum absolute atomic E-state index is 14.1. The van der Waals surface area contributed by atoms with Gasteiger partial charge in [0.1, 0.15) is 17.5 Å². The van der Waals surface area contributed by atoms with Crippen molar-refractivity contribution in [3.8, 4) is 17.2 Å². The Labute approximate surface area is 251 Å². The average Bonchev–Trinajstić information content (AvgIpc) is 3.45. The summed E-state index contributed by atoms with van der Waals surface area (Å²) >= 11 is 1.23. The number of fused-ring (bicyclic) bond motifs is 1. The molecule has 0 fully saturated rings. The molecule has 2 aromatic heterocycles. The molecule has 0 radical (unpaired) electrons. The molecule has 10 nitrogen and oxygen atoms in total. The van der Waals surface area contributed by atoms with Gasteiger partial charge in [-0.05, 0) is 87.9 Å². The summed E-state index contributed by atoms with van der Waals surface area (Å²) < 4.78 is 20.5. The highest BCUT2D eigenvalue weighted by Gasteiger charge is 2.35. The van der Waals surface area contributed by atoms with Crippen LogP contribution in [0.3, 0.4) is 0 Å². The first-order valence-electron chi connectivity index (χ1n) is 13.5. The highest BCUT2D eigenvalue weighted by Crippen LogP contribution is 2.37. The maximum atomic E-state index is 14.1. The minimum Gasteiger partial charge on any atom is -0.497 e. The van der Waals surface area contributed by atoms with E-state index in [9.17, 15) is 19.5 Å². The van der Waals surface area contributed by atoms with E-state index >= 15 is 0 Å². The number of benzene rings is 2. The number of carbonyl (C=O) groups excluding carboxylic acids is 1. The van der Waals surface area contributed by atoms with E-state index in [1.165, 1.54) is 23.0 Å². The fourth-order valence-electron chi connectivity index (χ4n) is 5.36. The molecule has 0 bridgehead atoms. The minimum atomic E-state index is -0.991. The molecule has 43 heavy (non-hydrogen) atoms.